The summed E-state index contributed by atoms with van der Waals surface area (Å²) in [5, 5.41) is 3.74. The summed E-state index contributed by atoms with van der Waals surface area (Å²) in [5.74, 6) is -0.0747. The lowest BCUT2D eigenvalue weighted by Gasteiger charge is -2.39. The number of hydrogen-bond donors (Lipinski definition) is 1. The van der Waals surface area contributed by atoms with Crippen LogP contribution in [0, 0.1) is 0 Å². The minimum Gasteiger partial charge on any atom is -0.374 e. The van der Waals surface area contributed by atoms with Crippen molar-refractivity contribution in [2.24, 2.45) is 0 Å². The smallest absolute Gasteiger partial charge is 0.251 e. The number of likely N-dealkylation sites (N-methyl/N-ethyl adjacent to an activating group) is 1. The van der Waals surface area contributed by atoms with Crippen molar-refractivity contribution in [3.05, 3.63) is 64.2 Å². The van der Waals surface area contributed by atoms with Gasteiger partial charge >= 0.3 is 0 Å². The fourth-order valence-corrected chi connectivity index (χ4v) is 4.72. The summed E-state index contributed by atoms with van der Waals surface area (Å²) in [6, 6.07) is 14.2. The van der Waals surface area contributed by atoms with Gasteiger partial charge in [0, 0.05) is 62.6 Å². The number of carbonyl (C=O) groups excluding carboxylic acids is 1. The van der Waals surface area contributed by atoms with Gasteiger partial charge < -0.3 is 15.1 Å². The van der Waals surface area contributed by atoms with E-state index in [9.17, 15) is 4.79 Å². The van der Waals surface area contributed by atoms with Crippen molar-refractivity contribution in [2.75, 3.05) is 58.3 Å². The van der Waals surface area contributed by atoms with Gasteiger partial charge in [-0.1, -0.05) is 29.8 Å². The number of nitrogens with one attached hydrogen (secondary N) is 1. The number of hydrogen-bond acceptors (Lipinski definition) is 4. The Labute approximate surface area is 184 Å². The molecule has 2 aromatic rings. The molecular weight excluding hydrogens is 396 g/mol. The van der Waals surface area contributed by atoms with E-state index < -0.39 is 0 Å². The molecule has 0 saturated carbocycles. The van der Waals surface area contributed by atoms with Crippen LogP contribution in [-0.2, 0) is 6.42 Å². The SMILES string of the molecule is CN1CCN(C(CNC(=O)c2cccc(Cl)c2)c2ccc3c(c2)CCCN3C)CC1. The Morgan fingerprint density at radius 3 is 2.63 bits per heavy atom. The maximum absolute atomic E-state index is 12.7. The number of rotatable bonds is 5. The first-order valence-electron chi connectivity index (χ1n) is 10.8. The van der Waals surface area contributed by atoms with E-state index in [-0.39, 0.29) is 11.9 Å². The largest absolute Gasteiger partial charge is 0.374 e. The number of fused-ring (bicyclic) bond motifs is 1. The summed E-state index contributed by atoms with van der Waals surface area (Å²) in [4.78, 5) is 19.9. The Balaban J connectivity index is 1.55. The van der Waals surface area contributed by atoms with E-state index in [0.717, 1.165) is 39.1 Å². The first-order valence-corrected chi connectivity index (χ1v) is 11.2. The third-order valence-electron chi connectivity index (χ3n) is 6.36. The second kappa shape index (κ2) is 9.38. The first-order chi connectivity index (χ1) is 14.5. The number of anilines is 1. The number of benzene rings is 2. The summed E-state index contributed by atoms with van der Waals surface area (Å²) in [7, 11) is 4.34. The molecule has 0 radical (unpaired) electrons. The number of carbonyl (C=O) groups is 1. The summed E-state index contributed by atoms with van der Waals surface area (Å²) < 4.78 is 0. The molecule has 0 aromatic heterocycles. The molecule has 2 heterocycles. The van der Waals surface area contributed by atoms with Gasteiger partial charge in [-0.15, -0.1) is 0 Å². The molecule has 4 rings (SSSR count). The fraction of sp³-hybridized carbons (Fsp3) is 0.458. The van der Waals surface area contributed by atoms with Crippen LogP contribution in [-0.4, -0.2) is 69.1 Å². The van der Waals surface area contributed by atoms with Gasteiger partial charge in [0.1, 0.15) is 0 Å². The molecule has 1 unspecified atom stereocenters. The van der Waals surface area contributed by atoms with E-state index in [2.05, 4.69) is 52.3 Å². The Kier molecular flexibility index (Phi) is 6.61. The zero-order valence-electron chi connectivity index (χ0n) is 17.9. The summed E-state index contributed by atoms with van der Waals surface area (Å²) >= 11 is 6.07. The predicted molar refractivity (Wildman–Crippen MR) is 124 cm³/mol. The van der Waals surface area contributed by atoms with Crippen LogP contribution in [0.4, 0.5) is 5.69 Å². The van der Waals surface area contributed by atoms with E-state index in [1.807, 2.05) is 6.07 Å². The van der Waals surface area contributed by atoms with Crippen LogP contribution in [0.15, 0.2) is 42.5 Å². The maximum atomic E-state index is 12.7. The van der Waals surface area contributed by atoms with Crippen molar-refractivity contribution in [1.29, 1.82) is 0 Å². The van der Waals surface area contributed by atoms with Gasteiger partial charge in [0.05, 0.1) is 6.04 Å². The maximum Gasteiger partial charge on any atom is 0.251 e. The molecule has 160 valence electrons. The monoisotopic (exact) mass is 426 g/mol. The van der Waals surface area contributed by atoms with Gasteiger partial charge in [-0.05, 0) is 55.3 Å². The summed E-state index contributed by atoms with van der Waals surface area (Å²) in [5.41, 5.74) is 4.65. The summed E-state index contributed by atoms with van der Waals surface area (Å²) in [6.45, 7) is 5.81. The highest BCUT2D eigenvalue weighted by Gasteiger charge is 2.26. The third-order valence-corrected chi connectivity index (χ3v) is 6.60. The standard InChI is InChI=1S/C24H31ClN4O/c1-27-11-13-29(14-12-27)23(17-26-24(30)20-5-3-7-21(25)16-20)19-8-9-22-18(15-19)6-4-10-28(22)2/h3,5,7-9,15-16,23H,4,6,10-14,17H2,1-2H3,(H,26,30). The van der Waals surface area contributed by atoms with E-state index in [0.29, 0.717) is 17.1 Å². The molecule has 0 bridgehead atoms. The molecule has 1 N–H and O–H groups in total. The Morgan fingerprint density at radius 1 is 1.07 bits per heavy atom. The average molecular weight is 427 g/mol. The molecule has 1 atom stereocenters. The highest BCUT2D eigenvalue weighted by atomic mass is 35.5. The molecule has 2 aliphatic rings. The van der Waals surface area contributed by atoms with Gasteiger partial charge in [-0.25, -0.2) is 0 Å². The number of piperazine rings is 1. The van der Waals surface area contributed by atoms with Gasteiger partial charge in [0.25, 0.3) is 5.91 Å². The predicted octanol–water partition coefficient (Wildman–Crippen LogP) is 3.44. The molecular formula is C24H31ClN4O. The van der Waals surface area contributed by atoms with E-state index >= 15 is 0 Å². The minimum absolute atomic E-state index is 0.0747. The van der Waals surface area contributed by atoms with Crippen molar-refractivity contribution in [3.8, 4) is 0 Å². The average Bonchev–Trinajstić information content (AvgIpc) is 2.75. The minimum atomic E-state index is -0.0747. The Bertz CT molecular complexity index is 895. The van der Waals surface area contributed by atoms with Crippen molar-refractivity contribution in [2.45, 2.75) is 18.9 Å². The van der Waals surface area contributed by atoms with Crippen LogP contribution in [0.5, 0.6) is 0 Å². The number of aryl methyl sites for hydroxylation is 1. The van der Waals surface area contributed by atoms with Crippen LogP contribution in [0.25, 0.3) is 0 Å². The molecule has 1 fully saturated rings. The molecule has 30 heavy (non-hydrogen) atoms. The molecule has 2 aromatic carbocycles. The van der Waals surface area contributed by atoms with Crippen molar-refractivity contribution in [3.63, 3.8) is 0 Å². The number of nitrogens with zero attached hydrogens (tertiary/aromatic N) is 3. The molecule has 0 spiro atoms. The topological polar surface area (TPSA) is 38.8 Å². The lowest BCUT2D eigenvalue weighted by atomic mass is 9.95. The third kappa shape index (κ3) is 4.80. The molecule has 6 heteroatoms. The van der Waals surface area contributed by atoms with Crippen LogP contribution >= 0.6 is 11.6 Å². The molecule has 0 aliphatic carbocycles. The normalized spacial score (nSPS) is 18.7. The van der Waals surface area contributed by atoms with Crippen LogP contribution in [0.2, 0.25) is 5.02 Å². The van der Waals surface area contributed by atoms with Crippen LogP contribution in [0.1, 0.15) is 33.9 Å². The highest BCUT2D eigenvalue weighted by Crippen LogP contribution is 2.31. The second-order valence-corrected chi connectivity index (χ2v) is 8.93. The Hall–Kier alpha value is -2.08. The van der Waals surface area contributed by atoms with Gasteiger partial charge in [0.2, 0.25) is 0 Å². The summed E-state index contributed by atoms with van der Waals surface area (Å²) in [6.07, 6.45) is 2.31. The van der Waals surface area contributed by atoms with E-state index in [4.69, 9.17) is 11.6 Å². The fourth-order valence-electron chi connectivity index (χ4n) is 4.52. The van der Waals surface area contributed by atoms with Gasteiger partial charge in [0.15, 0.2) is 0 Å². The second-order valence-electron chi connectivity index (χ2n) is 8.49. The zero-order chi connectivity index (χ0) is 21.1. The van der Waals surface area contributed by atoms with Gasteiger partial charge in [-0.3, -0.25) is 9.69 Å². The highest BCUT2D eigenvalue weighted by molar-refractivity contribution is 6.30. The van der Waals surface area contributed by atoms with Crippen LogP contribution < -0.4 is 10.2 Å². The lowest BCUT2D eigenvalue weighted by Crippen LogP contribution is -2.48. The number of halogens is 1. The zero-order valence-corrected chi connectivity index (χ0v) is 18.7. The van der Waals surface area contributed by atoms with Crippen LogP contribution in [0.3, 0.4) is 0 Å². The Morgan fingerprint density at radius 2 is 1.87 bits per heavy atom. The van der Waals surface area contributed by atoms with E-state index in [1.54, 1.807) is 18.2 Å². The number of amides is 1. The quantitative estimate of drug-likeness (QED) is 0.794. The van der Waals surface area contributed by atoms with Crippen molar-refractivity contribution < 1.29 is 4.79 Å². The molecule has 2 aliphatic heterocycles. The molecule has 1 saturated heterocycles. The van der Waals surface area contributed by atoms with Gasteiger partial charge in [-0.2, -0.15) is 0 Å². The van der Waals surface area contributed by atoms with Crippen molar-refractivity contribution in [1.82, 2.24) is 15.1 Å². The van der Waals surface area contributed by atoms with Crippen molar-refractivity contribution >= 4 is 23.2 Å². The van der Waals surface area contributed by atoms with E-state index in [1.165, 1.54) is 23.2 Å². The lowest BCUT2D eigenvalue weighted by molar-refractivity contribution is 0.0886. The molecule has 1 amide bonds. The first kappa shape index (κ1) is 21.2. The molecule has 5 nitrogen and oxygen atoms in total.